The van der Waals surface area contributed by atoms with Crippen molar-refractivity contribution in [2.75, 3.05) is 5.32 Å². The largest absolute Gasteiger partial charge is 0.460 e. The molecule has 7 heteroatoms. The number of rotatable bonds is 5. The molecule has 0 unspecified atom stereocenters. The van der Waals surface area contributed by atoms with Gasteiger partial charge in [0.05, 0.1) is 17.0 Å². The third-order valence-corrected chi connectivity index (χ3v) is 4.08. The average Bonchev–Trinajstić information content (AvgIpc) is 2.85. The Bertz CT molecular complexity index is 720. The van der Waals surface area contributed by atoms with Gasteiger partial charge >= 0.3 is 5.97 Å². The summed E-state index contributed by atoms with van der Waals surface area (Å²) in [5.74, 6) is -0.638. The Labute approximate surface area is 145 Å². The van der Waals surface area contributed by atoms with Crippen molar-refractivity contribution in [3.05, 3.63) is 30.2 Å². The summed E-state index contributed by atoms with van der Waals surface area (Å²) in [6.07, 6.45) is 3.55. The first-order chi connectivity index (χ1) is 11.2. The standard InChI is InChI=1S/C17H21N3O3S/c1-11-15(12-7-9-18-10-8-12)24-16(19-11)20-13(21)5-6-14(22)23-17(2,3)4/h7-10H,5-6H2,1-4H3,(H,19,20,21). The van der Waals surface area contributed by atoms with E-state index in [4.69, 9.17) is 4.74 Å². The highest BCUT2D eigenvalue weighted by molar-refractivity contribution is 7.19. The van der Waals surface area contributed by atoms with E-state index in [1.807, 2.05) is 19.1 Å². The smallest absolute Gasteiger partial charge is 0.306 e. The zero-order valence-electron chi connectivity index (χ0n) is 14.3. The highest BCUT2D eigenvalue weighted by Crippen LogP contribution is 2.32. The predicted octanol–water partition coefficient (Wildman–Crippen LogP) is 3.57. The van der Waals surface area contributed by atoms with Crippen LogP contribution in [-0.2, 0) is 14.3 Å². The van der Waals surface area contributed by atoms with Crippen LogP contribution in [0.3, 0.4) is 0 Å². The van der Waals surface area contributed by atoms with Crippen molar-refractivity contribution in [3.63, 3.8) is 0 Å². The van der Waals surface area contributed by atoms with E-state index < -0.39 is 5.60 Å². The summed E-state index contributed by atoms with van der Waals surface area (Å²) in [4.78, 5) is 33.0. The Hall–Kier alpha value is -2.28. The second-order valence-electron chi connectivity index (χ2n) is 6.30. The fraction of sp³-hybridized carbons (Fsp3) is 0.412. The van der Waals surface area contributed by atoms with Crippen LogP contribution in [0.4, 0.5) is 5.13 Å². The maximum absolute atomic E-state index is 12.0. The van der Waals surface area contributed by atoms with Crippen molar-refractivity contribution in [3.8, 4) is 10.4 Å². The summed E-state index contributed by atoms with van der Waals surface area (Å²) in [5, 5.41) is 3.26. The fourth-order valence-corrected chi connectivity index (χ4v) is 3.00. The number of pyridine rings is 1. The predicted molar refractivity (Wildman–Crippen MR) is 93.8 cm³/mol. The maximum atomic E-state index is 12.0. The Kier molecular flexibility index (Phi) is 5.66. The lowest BCUT2D eigenvalue weighted by Crippen LogP contribution is -2.24. The highest BCUT2D eigenvalue weighted by Gasteiger charge is 2.18. The number of esters is 1. The molecule has 2 aromatic heterocycles. The molecular formula is C17H21N3O3S. The fourth-order valence-electron chi connectivity index (χ4n) is 2.01. The van der Waals surface area contributed by atoms with Crippen LogP contribution in [0.5, 0.6) is 0 Å². The minimum absolute atomic E-state index is 0.0463. The molecule has 0 fully saturated rings. The van der Waals surface area contributed by atoms with E-state index in [0.717, 1.165) is 16.1 Å². The summed E-state index contributed by atoms with van der Waals surface area (Å²) < 4.78 is 5.18. The van der Waals surface area contributed by atoms with Crippen molar-refractivity contribution < 1.29 is 14.3 Å². The van der Waals surface area contributed by atoms with Gasteiger partial charge in [-0.25, -0.2) is 4.98 Å². The van der Waals surface area contributed by atoms with E-state index in [1.54, 1.807) is 33.2 Å². The minimum atomic E-state index is -0.542. The van der Waals surface area contributed by atoms with Crippen molar-refractivity contribution in [2.24, 2.45) is 0 Å². The van der Waals surface area contributed by atoms with Crippen molar-refractivity contribution in [2.45, 2.75) is 46.1 Å². The van der Waals surface area contributed by atoms with Crippen LogP contribution < -0.4 is 5.32 Å². The molecule has 128 valence electrons. The Morgan fingerprint density at radius 2 is 1.88 bits per heavy atom. The number of nitrogens with zero attached hydrogens (tertiary/aromatic N) is 2. The number of carbonyl (C=O) groups is 2. The number of ether oxygens (including phenoxy) is 1. The summed E-state index contributed by atoms with van der Waals surface area (Å²) >= 11 is 1.40. The Morgan fingerprint density at radius 1 is 1.21 bits per heavy atom. The molecule has 0 atom stereocenters. The first-order valence-corrected chi connectivity index (χ1v) is 8.46. The number of hydrogen-bond donors (Lipinski definition) is 1. The van der Waals surface area contributed by atoms with Gasteiger partial charge in [0.15, 0.2) is 5.13 Å². The van der Waals surface area contributed by atoms with Gasteiger partial charge < -0.3 is 10.1 Å². The van der Waals surface area contributed by atoms with E-state index in [1.165, 1.54) is 11.3 Å². The van der Waals surface area contributed by atoms with E-state index in [9.17, 15) is 9.59 Å². The second kappa shape index (κ2) is 7.53. The van der Waals surface area contributed by atoms with Crippen LogP contribution in [0.15, 0.2) is 24.5 Å². The van der Waals surface area contributed by atoms with Crippen molar-refractivity contribution in [1.82, 2.24) is 9.97 Å². The summed E-state index contributed by atoms with van der Waals surface area (Å²) in [5.41, 5.74) is 1.31. The van der Waals surface area contributed by atoms with Crippen LogP contribution in [0.1, 0.15) is 39.3 Å². The molecule has 0 spiro atoms. The van der Waals surface area contributed by atoms with Gasteiger partial charge in [0.1, 0.15) is 5.60 Å². The lowest BCUT2D eigenvalue weighted by molar-refractivity contribution is -0.155. The molecule has 2 rings (SSSR count). The number of anilines is 1. The van der Waals surface area contributed by atoms with Gasteiger partial charge in [-0.05, 0) is 45.4 Å². The topological polar surface area (TPSA) is 81.2 Å². The molecule has 0 bridgehead atoms. The van der Waals surface area contributed by atoms with Gasteiger partial charge in [0.2, 0.25) is 5.91 Å². The minimum Gasteiger partial charge on any atom is -0.460 e. The van der Waals surface area contributed by atoms with Gasteiger partial charge in [0, 0.05) is 18.8 Å². The molecule has 0 aromatic carbocycles. The van der Waals surface area contributed by atoms with Crippen LogP contribution in [0.2, 0.25) is 0 Å². The average molecular weight is 347 g/mol. The highest BCUT2D eigenvalue weighted by atomic mass is 32.1. The summed E-state index contributed by atoms with van der Waals surface area (Å²) in [6, 6.07) is 3.79. The van der Waals surface area contributed by atoms with Crippen molar-refractivity contribution >= 4 is 28.3 Å². The number of hydrogen-bond acceptors (Lipinski definition) is 6. The molecule has 0 aliphatic carbocycles. The molecule has 1 amide bonds. The normalized spacial score (nSPS) is 11.2. The number of amides is 1. The number of aryl methyl sites for hydroxylation is 1. The lowest BCUT2D eigenvalue weighted by atomic mass is 10.2. The number of aromatic nitrogens is 2. The van der Waals surface area contributed by atoms with Gasteiger partial charge in [-0.15, -0.1) is 0 Å². The Balaban J connectivity index is 1.92. The molecular weight excluding hydrogens is 326 g/mol. The van der Waals surface area contributed by atoms with Gasteiger partial charge in [-0.3, -0.25) is 14.6 Å². The molecule has 0 saturated carbocycles. The zero-order chi connectivity index (χ0) is 17.7. The monoisotopic (exact) mass is 347 g/mol. The molecule has 0 aliphatic rings. The van der Waals surface area contributed by atoms with Crippen LogP contribution in [-0.4, -0.2) is 27.4 Å². The van der Waals surface area contributed by atoms with Gasteiger partial charge in [0.25, 0.3) is 0 Å². The van der Waals surface area contributed by atoms with Crippen LogP contribution in [0, 0.1) is 6.92 Å². The van der Waals surface area contributed by atoms with E-state index >= 15 is 0 Å². The van der Waals surface area contributed by atoms with Gasteiger partial charge in [-0.2, -0.15) is 0 Å². The molecule has 2 heterocycles. The van der Waals surface area contributed by atoms with E-state index in [-0.39, 0.29) is 24.7 Å². The summed E-state index contributed by atoms with van der Waals surface area (Å²) in [6.45, 7) is 7.28. The molecule has 1 N–H and O–H groups in total. The maximum Gasteiger partial charge on any atom is 0.306 e. The molecule has 0 aliphatic heterocycles. The van der Waals surface area contributed by atoms with Crippen LogP contribution >= 0.6 is 11.3 Å². The number of nitrogens with one attached hydrogen (secondary N) is 1. The second-order valence-corrected chi connectivity index (χ2v) is 7.30. The van der Waals surface area contributed by atoms with E-state index in [0.29, 0.717) is 5.13 Å². The molecule has 2 aromatic rings. The quantitative estimate of drug-likeness (QED) is 0.836. The zero-order valence-corrected chi connectivity index (χ0v) is 15.1. The SMILES string of the molecule is Cc1nc(NC(=O)CCC(=O)OC(C)(C)C)sc1-c1ccncc1. The number of thiazole rings is 1. The Morgan fingerprint density at radius 3 is 2.50 bits per heavy atom. The van der Waals surface area contributed by atoms with E-state index in [2.05, 4.69) is 15.3 Å². The molecule has 0 radical (unpaired) electrons. The first-order valence-electron chi connectivity index (χ1n) is 7.64. The third-order valence-electron chi connectivity index (χ3n) is 2.96. The van der Waals surface area contributed by atoms with Gasteiger partial charge in [-0.1, -0.05) is 11.3 Å². The first kappa shape index (κ1) is 18.1. The van der Waals surface area contributed by atoms with Crippen molar-refractivity contribution in [1.29, 1.82) is 0 Å². The molecule has 6 nitrogen and oxygen atoms in total. The summed E-state index contributed by atoms with van der Waals surface area (Å²) in [7, 11) is 0. The van der Waals surface area contributed by atoms with Crippen LogP contribution in [0.25, 0.3) is 10.4 Å². The number of carbonyl (C=O) groups excluding carboxylic acids is 2. The molecule has 24 heavy (non-hydrogen) atoms. The lowest BCUT2D eigenvalue weighted by Gasteiger charge is -2.19. The molecule has 0 saturated heterocycles. The third kappa shape index (κ3) is 5.42.